The van der Waals surface area contributed by atoms with Gasteiger partial charge >= 0.3 is 0 Å². The van der Waals surface area contributed by atoms with E-state index >= 15 is 0 Å². The first-order chi connectivity index (χ1) is 8.16. The van der Waals surface area contributed by atoms with Crippen LogP contribution in [0.4, 0.5) is 4.39 Å². The lowest BCUT2D eigenvalue weighted by Crippen LogP contribution is -2.36. The first-order valence-corrected chi connectivity index (χ1v) is 5.87. The van der Waals surface area contributed by atoms with Crippen molar-refractivity contribution in [3.05, 3.63) is 35.6 Å². The van der Waals surface area contributed by atoms with E-state index in [0.29, 0.717) is 19.1 Å². The van der Waals surface area contributed by atoms with Crippen LogP contribution >= 0.6 is 0 Å². The first-order valence-electron chi connectivity index (χ1n) is 5.87. The quantitative estimate of drug-likeness (QED) is 0.841. The van der Waals surface area contributed by atoms with Crippen LogP contribution in [-0.4, -0.2) is 30.4 Å². The third kappa shape index (κ3) is 3.53. The van der Waals surface area contributed by atoms with Gasteiger partial charge in [-0.1, -0.05) is 12.1 Å². The molecule has 17 heavy (non-hydrogen) atoms. The fourth-order valence-corrected chi connectivity index (χ4v) is 1.71. The molecule has 0 heterocycles. The summed E-state index contributed by atoms with van der Waals surface area (Å²) in [4.78, 5) is 13.5. The molecule has 1 N–H and O–H groups in total. The minimum atomic E-state index is -0.238. The van der Waals surface area contributed by atoms with Gasteiger partial charge in [0.25, 0.3) is 0 Å². The SMILES string of the molecule is CN(C(=O)CNCc1ccc(F)cc1)C1CC1. The van der Waals surface area contributed by atoms with Crippen molar-refractivity contribution in [3.63, 3.8) is 0 Å². The Bertz CT molecular complexity index is 387. The maximum absolute atomic E-state index is 12.7. The Morgan fingerprint density at radius 1 is 1.41 bits per heavy atom. The Labute approximate surface area is 101 Å². The number of carbonyl (C=O) groups is 1. The van der Waals surface area contributed by atoms with E-state index in [-0.39, 0.29) is 11.7 Å². The van der Waals surface area contributed by atoms with Crippen LogP contribution in [0.25, 0.3) is 0 Å². The molecule has 0 radical (unpaired) electrons. The molecule has 4 heteroatoms. The van der Waals surface area contributed by atoms with E-state index in [0.717, 1.165) is 18.4 Å². The van der Waals surface area contributed by atoms with Crippen LogP contribution in [0, 0.1) is 5.82 Å². The van der Waals surface area contributed by atoms with Crippen molar-refractivity contribution in [1.29, 1.82) is 0 Å². The van der Waals surface area contributed by atoms with Crippen LogP contribution in [-0.2, 0) is 11.3 Å². The summed E-state index contributed by atoms with van der Waals surface area (Å²) in [6.07, 6.45) is 2.25. The molecule has 1 aromatic carbocycles. The van der Waals surface area contributed by atoms with Gasteiger partial charge in [0.2, 0.25) is 5.91 Å². The van der Waals surface area contributed by atoms with Crippen molar-refractivity contribution >= 4 is 5.91 Å². The van der Waals surface area contributed by atoms with Crippen LogP contribution < -0.4 is 5.32 Å². The van der Waals surface area contributed by atoms with E-state index in [1.807, 2.05) is 7.05 Å². The zero-order valence-electron chi connectivity index (χ0n) is 9.95. The Hall–Kier alpha value is -1.42. The van der Waals surface area contributed by atoms with Crippen molar-refractivity contribution in [2.24, 2.45) is 0 Å². The van der Waals surface area contributed by atoms with Gasteiger partial charge in [-0.25, -0.2) is 4.39 Å². The molecule has 3 nitrogen and oxygen atoms in total. The lowest BCUT2D eigenvalue weighted by Gasteiger charge is -2.16. The molecule has 0 atom stereocenters. The van der Waals surface area contributed by atoms with Gasteiger partial charge in [0.15, 0.2) is 0 Å². The minimum absolute atomic E-state index is 0.120. The molecule has 0 saturated heterocycles. The number of likely N-dealkylation sites (N-methyl/N-ethyl adjacent to an activating group) is 1. The summed E-state index contributed by atoms with van der Waals surface area (Å²) in [6.45, 7) is 0.925. The smallest absolute Gasteiger partial charge is 0.236 e. The standard InChI is InChI=1S/C13H17FN2O/c1-16(12-6-7-12)13(17)9-15-8-10-2-4-11(14)5-3-10/h2-5,12,15H,6-9H2,1H3. The topological polar surface area (TPSA) is 32.3 Å². The van der Waals surface area contributed by atoms with Gasteiger partial charge < -0.3 is 10.2 Å². The largest absolute Gasteiger partial charge is 0.342 e. The number of nitrogens with zero attached hydrogens (tertiary/aromatic N) is 1. The van der Waals surface area contributed by atoms with Gasteiger partial charge in [-0.3, -0.25) is 4.79 Å². The van der Waals surface area contributed by atoms with Crippen LogP contribution in [0.3, 0.4) is 0 Å². The number of hydrogen-bond acceptors (Lipinski definition) is 2. The molecule has 92 valence electrons. The lowest BCUT2D eigenvalue weighted by molar-refractivity contribution is -0.129. The van der Waals surface area contributed by atoms with E-state index in [1.165, 1.54) is 12.1 Å². The van der Waals surface area contributed by atoms with Crippen LogP contribution in [0.2, 0.25) is 0 Å². The highest BCUT2D eigenvalue weighted by Gasteiger charge is 2.28. The summed E-state index contributed by atoms with van der Waals surface area (Å²) in [5.41, 5.74) is 0.980. The van der Waals surface area contributed by atoms with Gasteiger partial charge in [-0.15, -0.1) is 0 Å². The lowest BCUT2D eigenvalue weighted by atomic mass is 10.2. The Kier molecular flexibility index (Phi) is 3.74. The third-order valence-corrected chi connectivity index (χ3v) is 3.01. The van der Waals surface area contributed by atoms with E-state index in [4.69, 9.17) is 0 Å². The van der Waals surface area contributed by atoms with Crippen molar-refractivity contribution in [2.45, 2.75) is 25.4 Å². The number of carbonyl (C=O) groups excluding carboxylic acids is 1. The van der Waals surface area contributed by atoms with Crippen molar-refractivity contribution in [1.82, 2.24) is 10.2 Å². The van der Waals surface area contributed by atoms with Gasteiger partial charge in [-0.2, -0.15) is 0 Å². The van der Waals surface area contributed by atoms with E-state index in [2.05, 4.69) is 5.32 Å². The minimum Gasteiger partial charge on any atom is -0.342 e. The second-order valence-electron chi connectivity index (χ2n) is 4.47. The summed E-state index contributed by atoms with van der Waals surface area (Å²) < 4.78 is 12.7. The van der Waals surface area contributed by atoms with E-state index in [1.54, 1.807) is 17.0 Å². The zero-order valence-corrected chi connectivity index (χ0v) is 9.95. The molecule has 1 fully saturated rings. The summed E-state index contributed by atoms with van der Waals surface area (Å²) >= 11 is 0. The number of amides is 1. The molecule has 2 rings (SSSR count). The number of nitrogens with one attached hydrogen (secondary N) is 1. The molecule has 1 aliphatic carbocycles. The van der Waals surface area contributed by atoms with Crippen LogP contribution in [0.1, 0.15) is 18.4 Å². The third-order valence-electron chi connectivity index (χ3n) is 3.01. The molecule has 0 aromatic heterocycles. The highest BCUT2D eigenvalue weighted by atomic mass is 19.1. The predicted octanol–water partition coefficient (Wildman–Crippen LogP) is 1.54. The predicted molar refractivity (Wildman–Crippen MR) is 63.9 cm³/mol. The van der Waals surface area contributed by atoms with Crippen molar-refractivity contribution < 1.29 is 9.18 Å². The van der Waals surface area contributed by atoms with Crippen LogP contribution in [0.15, 0.2) is 24.3 Å². The molecule has 0 unspecified atom stereocenters. The van der Waals surface area contributed by atoms with Crippen LogP contribution in [0.5, 0.6) is 0 Å². The van der Waals surface area contributed by atoms with E-state index < -0.39 is 0 Å². The second-order valence-corrected chi connectivity index (χ2v) is 4.47. The second kappa shape index (κ2) is 5.27. The fourth-order valence-electron chi connectivity index (χ4n) is 1.71. The molecule has 0 bridgehead atoms. The van der Waals surface area contributed by atoms with Gasteiger partial charge in [0.05, 0.1) is 6.54 Å². The first kappa shape index (κ1) is 12.0. The number of benzene rings is 1. The van der Waals surface area contributed by atoms with Crippen molar-refractivity contribution in [3.8, 4) is 0 Å². The van der Waals surface area contributed by atoms with Gasteiger partial charge in [0.1, 0.15) is 5.82 Å². The van der Waals surface area contributed by atoms with Gasteiger partial charge in [-0.05, 0) is 30.5 Å². The molecule has 1 aromatic rings. The molecule has 1 saturated carbocycles. The Morgan fingerprint density at radius 3 is 2.65 bits per heavy atom. The molecular weight excluding hydrogens is 219 g/mol. The average molecular weight is 236 g/mol. The monoisotopic (exact) mass is 236 g/mol. The highest BCUT2D eigenvalue weighted by Crippen LogP contribution is 2.25. The maximum atomic E-state index is 12.7. The normalized spacial score (nSPS) is 14.7. The summed E-state index contributed by atoms with van der Waals surface area (Å²) in [5.74, 6) is -0.118. The summed E-state index contributed by atoms with van der Waals surface area (Å²) in [5, 5.41) is 3.07. The Morgan fingerprint density at radius 2 is 2.06 bits per heavy atom. The highest BCUT2D eigenvalue weighted by molar-refractivity contribution is 5.78. The fraction of sp³-hybridized carbons (Fsp3) is 0.462. The van der Waals surface area contributed by atoms with Gasteiger partial charge in [0, 0.05) is 19.6 Å². The molecule has 1 amide bonds. The molecule has 0 aliphatic heterocycles. The average Bonchev–Trinajstić information content (AvgIpc) is 3.14. The number of hydrogen-bond donors (Lipinski definition) is 1. The zero-order chi connectivity index (χ0) is 12.3. The number of rotatable bonds is 5. The van der Waals surface area contributed by atoms with Crippen molar-refractivity contribution in [2.75, 3.05) is 13.6 Å². The summed E-state index contributed by atoms with van der Waals surface area (Å²) in [7, 11) is 1.85. The molecule has 0 spiro atoms. The Balaban J connectivity index is 1.71. The van der Waals surface area contributed by atoms with E-state index in [9.17, 15) is 9.18 Å². The maximum Gasteiger partial charge on any atom is 0.236 e. The summed E-state index contributed by atoms with van der Waals surface area (Å²) in [6, 6.07) is 6.74. The molecule has 1 aliphatic rings. The number of halogens is 1. The molecular formula is C13H17FN2O.